The summed E-state index contributed by atoms with van der Waals surface area (Å²) in [6.07, 6.45) is 0.500. The van der Waals surface area contributed by atoms with Gasteiger partial charge in [-0.05, 0) is 55.7 Å². The first-order valence-electron chi connectivity index (χ1n) is 8.46. The summed E-state index contributed by atoms with van der Waals surface area (Å²) >= 11 is 0. The molecule has 0 fully saturated rings. The molecule has 2 heteroatoms. The minimum absolute atomic E-state index is 0.500. The van der Waals surface area contributed by atoms with E-state index in [1.165, 1.54) is 38.5 Å². The van der Waals surface area contributed by atoms with Gasteiger partial charge in [-0.2, -0.15) is 4.57 Å². The minimum atomic E-state index is 0.500. The van der Waals surface area contributed by atoms with Gasteiger partial charge in [0.05, 0.1) is 13.2 Å². The molecule has 0 atom stereocenters. The van der Waals surface area contributed by atoms with Crippen molar-refractivity contribution in [2.75, 3.05) is 0 Å². The summed E-state index contributed by atoms with van der Waals surface area (Å²) in [6, 6.07) is 16.7. The Hall–Kier alpha value is -2.61. The minimum Gasteiger partial charge on any atom is -0.237 e. The average molecular weight is 302 g/mol. The van der Waals surface area contributed by atoms with Crippen molar-refractivity contribution < 1.29 is 5.94 Å². The van der Waals surface area contributed by atoms with Gasteiger partial charge in [0, 0.05) is 16.8 Å². The Kier molecular flexibility index (Phi) is 2.77. The Balaban J connectivity index is 2.32. The third-order valence-corrected chi connectivity index (χ3v) is 4.83. The van der Waals surface area contributed by atoms with Crippen molar-refractivity contribution in [3.8, 4) is 5.82 Å². The lowest BCUT2D eigenvalue weighted by Crippen LogP contribution is -2.33. The highest BCUT2D eigenvalue weighted by Gasteiger charge is 2.23. The molecule has 0 amide bonds. The first-order chi connectivity index (χ1) is 11.5. The van der Waals surface area contributed by atoms with Crippen molar-refractivity contribution in [2.24, 2.45) is 7.05 Å². The van der Waals surface area contributed by atoms with Crippen LogP contribution in [0, 0.1) is 20.8 Å². The van der Waals surface area contributed by atoms with Crippen LogP contribution in [0.25, 0.3) is 27.6 Å². The van der Waals surface area contributed by atoms with Gasteiger partial charge in [0.2, 0.25) is 0 Å². The lowest BCUT2D eigenvalue weighted by molar-refractivity contribution is -0.665. The molecule has 2 aromatic heterocycles. The van der Waals surface area contributed by atoms with E-state index in [4.69, 9.17) is 1.37 Å². The summed E-state index contributed by atoms with van der Waals surface area (Å²) in [5.41, 5.74) is 6.32. The molecule has 0 aliphatic heterocycles. The van der Waals surface area contributed by atoms with Crippen LogP contribution in [0.1, 0.15) is 18.1 Å². The second-order valence-electron chi connectivity index (χ2n) is 6.28. The maximum absolute atomic E-state index is 8.17. The molecule has 4 aromatic rings. The van der Waals surface area contributed by atoms with E-state index < -0.39 is 0 Å². The maximum atomic E-state index is 8.17. The number of rotatable bonds is 1. The number of hydrogen-bond acceptors (Lipinski definition) is 0. The highest BCUT2D eigenvalue weighted by molar-refractivity contribution is 6.11. The summed E-state index contributed by atoms with van der Waals surface area (Å²) in [6.45, 7) is 6.55. The van der Waals surface area contributed by atoms with Crippen LogP contribution in [0.5, 0.6) is 0 Å². The summed E-state index contributed by atoms with van der Waals surface area (Å²) in [5, 5.41) is 2.58. The molecule has 0 saturated heterocycles. The second-order valence-corrected chi connectivity index (χ2v) is 6.28. The fraction of sp³-hybridized carbons (Fsp3) is 0.190. The number of hydrogen-bond donors (Lipinski definition) is 0. The lowest BCUT2D eigenvalue weighted by atomic mass is 10.00. The molecule has 2 heterocycles. The van der Waals surface area contributed by atoms with Crippen LogP contribution in [0.3, 0.4) is 0 Å². The van der Waals surface area contributed by atoms with Crippen LogP contribution in [0.2, 0.25) is 0 Å². The normalized spacial score (nSPS) is 12.1. The SMILES string of the molecule is [2H]c1cccc(-n2c3ccccc3c3c(C)cc(C)c(C)c32)[n+]1C. The standard InChI is InChI=1S/C21H21N2/c1-14-13-15(2)20-17-9-5-6-10-18(17)23(21(20)16(14)3)19-11-7-8-12-22(19)4/h5-13H,1-4H3/q+1/i12D. The van der Waals surface area contributed by atoms with E-state index in [1.54, 1.807) is 0 Å². The third kappa shape index (κ3) is 1.91. The maximum Gasteiger partial charge on any atom is 0.286 e. The van der Waals surface area contributed by atoms with E-state index in [1.807, 2.05) is 23.7 Å². The van der Waals surface area contributed by atoms with Gasteiger partial charge in [-0.3, -0.25) is 0 Å². The smallest absolute Gasteiger partial charge is 0.237 e. The Morgan fingerprint density at radius 1 is 0.957 bits per heavy atom. The zero-order valence-corrected chi connectivity index (χ0v) is 14.0. The number of benzene rings is 2. The lowest BCUT2D eigenvalue weighted by Gasteiger charge is -2.07. The number of aryl methyl sites for hydroxylation is 3. The molecule has 0 unspecified atom stereocenters. The van der Waals surface area contributed by atoms with Gasteiger partial charge in [0.15, 0.2) is 0 Å². The second kappa shape index (κ2) is 4.95. The zero-order chi connectivity index (χ0) is 17.0. The Morgan fingerprint density at radius 3 is 2.52 bits per heavy atom. The molecule has 0 aliphatic rings. The molecule has 0 aliphatic carbocycles. The first-order valence-corrected chi connectivity index (χ1v) is 7.96. The molecule has 0 N–H and O–H groups in total. The van der Waals surface area contributed by atoms with Crippen molar-refractivity contribution in [1.82, 2.24) is 4.57 Å². The van der Waals surface area contributed by atoms with Crippen molar-refractivity contribution in [3.05, 3.63) is 71.4 Å². The number of fused-ring (bicyclic) bond motifs is 3. The molecule has 0 spiro atoms. The summed E-state index contributed by atoms with van der Waals surface area (Å²) < 4.78 is 12.4. The molecular formula is C21H21N2+. The molecular weight excluding hydrogens is 280 g/mol. The van der Waals surface area contributed by atoms with Gasteiger partial charge >= 0.3 is 0 Å². The van der Waals surface area contributed by atoms with E-state index in [9.17, 15) is 0 Å². The fourth-order valence-electron chi connectivity index (χ4n) is 3.62. The molecule has 0 saturated carbocycles. The van der Waals surface area contributed by atoms with Gasteiger partial charge in [0.1, 0.15) is 12.4 Å². The molecule has 2 nitrogen and oxygen atoms in total. The third-order valence-electron chi connectivity index (χ3n) is 4.83. The summed E-state index contributed by atoms with van der Waals surface area (Å²) in [7, 11) is 1.95. The van der Waals surface area contributed by atoms with Crippen LogP contribution in [-0.4, -0.2) is 4.57 Å². The van der Waals surface area contributed by atoms with Crippen LogP contribution >= 0.6 is 0 Å². The summed E-state index contributed by atoms with van der Waals surface area (Å²) in [4.78, 5) is 0. The topological polar surface area (TPSA) is 8.81 Å². The van der Waals surface area contributed by atoms with E-state index >= 15 is 0 Å². The number of para-hydroxylation sites is 1. The molecule has 0 radical (unpaired) electrons. The quantitative estimate of drug-likeness (QED) is 0.457. The van der Waals surface area contributed by atoms with Crippen LogP contribution in [0.15, 0.2) is 54.7 Å². The van der Waals surface area contributed by atoms with Gasteiger partial charge in [-0.15, -0.1) is 0 Å². The van der Waals surface area contributed by atoms with Gasteiger partial charge in [-0.25, -0.2) is 4.57 Å². The van der Waals surface area contributed by atoms with Crippen molar-refractivity contribution in [2.45, 2.75) is 20.8 Å². The fourth-order valence-corrected chi connectivity index (χ4v) is 3.62. The molecule has 23 heavy (non-hydrogen) atoms. The van der Waals surface area contributed by atoms with Gasteiger partial charge in [0.25, 0.3) is 5.82 Å². The Morgan fingerprint density at radius 2 is 1.70 bits per heavy atom. The predicted octanol–water partition coefficient (Wildman–Crippen LogP) is 4.53. The highest BCUT2D eigenvalue weighted by atomic mass is 15.1. The van der Waals surface area contributed by atoms with Crippen molar-refractivity contribution in [3.63, 3.8) is 0 Å². The number of nitrogens with zero attached hydrogens (tertiary/aromatic N) is 2. The molecule has 2 aromatic carbocycles. The van der Waals surface area contributed by atoms with E-state index in [0.29, 0.717) is 6.17 Å². The largest absolute Gasteiger partial charge is 0.286 e. The Bertz CT molecular complexity index is 1110. The van der Waals surface area contributed by atoms with E-state index in [0.717, 1.165) is 5.82 Å². The van der Waals surface area contributed by atoms with E-state index in [2.05, 4.69) is 61.7 Å². The van der Waals surface area contributed by atoms with Gasteiger partial charge in [-0.1, -0.05) is 24.3 Å². The van der Waals surface area contributed by atoms with Gasteiger partial charge < -0.3 is 0 Å². The van der Waals surface area contributed by atoms with Crippen LogP contribution in [-0.2, 0) is 7.05 Å². The average Bonchev–Trinajstić information content (AvgIpc) is 2.91. The highest BCUT2D eigenvalue weighted by Crippen LogP contribution is 2.36. The van der Waals surface area contributed by atoms with E-state index in [-0.39, 0.29) is 0 Å². The zero-order valence-electron chi connectivity index (χ0n) is 15.0. The monoisotopic (exact) mass is 302 g/mol. The molecule has 114 valence electrons. The van der Waals surface area contributed by atoms with Crippen LogP contribution < -0.4 is 4.57 Å². The summed E-state index contributed by atoms with van der Waals surface area (Å²) in [5.74, 6) is 1.02. The van der Waals surface area contributed by atoms with Crippen molar-refractivity contribution >= 4 is 21.8 Å². The molecule has 4 rings (SSSR count). The number of aromatic nitrogens is 2. The molecule has 0 bridgehead atoms. The predicted molar refractivity (Wildman–Crippen MR) is 96.2 cm³/mol. The van der Waals surface area contributed by atoms with Crippen LogP contribution in [0.4, 0.5) is 0 Å². The Labute approximate surface area is 138 Å². The first kappa shape index (κ1) is 12.9. The number of pyridine rings is 1. The van der Waals surface area contributed by atoms with Crippen molar-refractivity contribution in [1.29, 1.82) is 0 Å².